The number of likely N-dealkylation sites (tertiary alicyclic amines) is 1. The molecule has 3 heterocycles. The molecule has 1 amide bonds. The van der Waals surface area contributed by atoms with Crippen LogP contribution in [0.2, 0.25) is 0 Å². The summed E-state index contributed by atoms with van der Waals surface area (Å²) < 4.78 is 11.7. The van der Waals surface area contributed by atoms with Crippen molar-refractivity contribution in [2.24, 2.45) is 5.41 Å². The molecule has 2 aliphatic rings. The number of carbonyl (C=O) groups is 1. The van der Waals surface area contributed by atoms with Gasteiger partial charge >= 0.3 is 0 Å². The quantitative estimate of drug-likeness (QED) is 0.617. The number of rotatable bonds is 5. The predicted octanol–water partition coefficient (Wildman–Crippen LogP) is 2.36. The van der Waals surface area contributed by atoms with Crippen molar-refractivity contribution >= 4 is 17.2 Å². The molecule has 0 radical (unpaired) electrons. The van der Waals surface area contributed by atoms with Crippen LogP contribution in [0.4, 0.5) is 0 Å². The Morgan fingerprint density at radius 2 is 2.59 bits per heavy atom. The van der Waals surface area contributed by atoms with Gasteiger partial charge in [0.05, 0.1) is 24.8 Å². The number of thiazole rings is 1. The molecule has 5 nitrogen and oxygen atoms in total. The van der Waals surface area contributed by atoms with Crippen molar-refractivity contribution in [3.05, 3.63) is 29.2 Å². The first-order chi connectivity index (χ1) is 10.7. The van der Waals surface area contributed by atoms with E-state index in [0.717, 1.165) is 32.4 Å². The van der Waals surface area contributed by atoms with Crippen LogP contribution in [0.25, 0.3) is 0 Å². The minimum absolute atomic E-state index is 0.0216. The molecule has 0 unspecified atom stereocenters. The largest absolute Gasteiger partial charge is 0.377 e. The number of ether oxygens (including phenoxy) is 2. The van der Waals surface area contributed by atoms with E-state index in [-0.39, 0.29) is 17.4 Å². The van der Waals surface area contributed by atoms with Gasteiger partial charge in [0.2, 0.25) is 0 Å². The number of fused-ring (bicyclic) bond motifs is 1. The molecule has 1 aromatic rings. The highest BCUT2D eigenvalue weighted by atomic mass is 32.1. The fraction of sp³-hybridized carbons (Fsp3) is 0.625. The lowest BCUT2D eigenvalue weighted by Crippen LogP contribution is -2.58. The molecule has 2 aliphatic heterocycles. The van der Waals surface area contributed by atoms with Crippen molar-refractivity contribution in [1.82, 2.24) is 9.88 Å². The Morgan fingerprint density at radius 3 is 3.36 bits per heavy atom. The van der Waals surface area contributed by atoms with E-state index in [2.05, 4.69) is 11.6 Å². The summed E-state index contributed by atoms with van der Waals surface area (Å²) >= 11 is 1.45. The van der Waals surface area contributed by atoms with Crippen molar-refractivity contribution in [2.45, 2.75) is 25.4 Å². The number of carbonyl (C=O) groups excluding carboxylic acids is 1. The smallest absolute Gasteiger partial charge is 0.273 e. The zero-order valence-corrected chi connectivity index (χ0v) is 13.5. The molecule has 2 fully saturated rings. The normalized spacial score (nSPS) is 28.2. The Kier molecular flexibility index (Phi) is 4.90. The highest BCUT2D eigenvalue weighted by Gasteiger charge is 2.47. The van der Waals surface area contributed by atoms with Crippen LogP contribution in [-0.4, -0.2) is 54.8 Å². The van der Waals surface area contributed by atoms with E-state index in [0.29, 0.717) is 25.5 Å². The fourth-order valence-electron chi connectivity index (χ4n) is 3.50. The summed E-state index contributed by atoms with van der Waals surface area (Å²) in [7, 11) is 0. The zero-order valence-electron chi connectivity index (χ0n) is 12.7. The Morgan fingerprint density at radius 1 is 1.68 bits per heavy atom. The van der Waals surface area contributed by atoms with Gasteiger partial charge in [0.25, 0.3) is 5.91 Å². The molecule has 0 aromatic carbocycles. The number of hydrogen-bond acceptors (Lipinski definition) is 5. The van der Waals surface area contributed by atoms with Gasteiger partial charge in [0, 0.05) is 30.5 Å². The third-order valence-corrected chi connectivity index (χ3v) is 5.14. The third kappa shape index (κ3) is 3.09. The van der Waals surface area contributed by atoms with Gasteiger partial charge in [-0.1, -0.05) is 6.08 Å². The Hall–Kier alpha value is -1.24. The maximum Gasteiger partial charge on any atom is 0.273 e. The van der Waals surface area contributed by atoms with Crippen molar-refractivity contribution in [2.75, 3.05) is 32.9 Å². The first-order valence-corrected chi connectivity index (χ1v) is 8.67. The molecule has 3 rings (SSSR count). The van der Waals surface area contributed by atoms with Gasteiger partial charge in [-0.2, -0.15) is 0 Å². The molecule has 22 heavy (non-hydrogen) atoms. The van der Waals surface area contributed by atoms with Gasteiger partial charge in [-0.25, -0.2) is 4.98 Å². The van der Waals surface area contributed by atoms with E-state index in [1.54, 1.807) is 11.6 Å². The van der Waals surface area contributed by atoms with Crippen LogP contribution in [0.3, 0.4) is 0 Å². The molecule has 0 bridgehead atoms. The van der Waals surface area contributed by atoms with Crippen molar-refractivity contribution in [1.29, 1.82) is 0 Å². The zero-order chi connectivity index (χ0) is 15.4. The molecular weight excluding hydrogens is 300 g/mol. The molecule has 6 heteroatoms. The Balaban J connectivity index is 1.74. The lowest BCUT2D eigenvalue weighted by atomic mass is 9.73. The van der Waals surface area contributed by atoms with Crippen molar-refractivity contribution in [3.8, 4) is 0 Å². The predicted molar refractivity (Wildman–Crippen MR) is 85.1 cm³/mol. The Bertz CT molecular complexity index is 519. The first-order valence-electron chi connectivity index (χ1n) is 7.73. The van der Waals surface area contributed by atoms with Gasteiger partial charge in [-0.15, -0.1) is 17.9 Å². The second-order valence-electron chi connectivity index (χ2n) is 6.02. The van der Waals surface area contributed by atoms with Crippen LogP contribution in [0.15, 0.2) is 23.5 Å². The van der Waals surface area contributed by atoms with E-state index in [9.17, 15) is 4.79 Å². The van der Waals surface area contributed by atoms with Crippen LogP contribution in [0.1, 0.15) is 29.8 Å². The van der Waals surface area contributed by atoms with Gasteiger partial charge < -0.3 is 14.4 Å². The summed E-state index contributed by atoms with van der Waals surface area (Å²) in [5.41, 5.74) is 2.15. The van der Waals surface area contributed by atoms with Gasteiger partial charge in [0.1, 0.15) is 5.69 Å². The van der Waals surface area contributed by atoms with E-state index in [1.807, 2.05) is 10.3 Å². The van der Waals surface area contributed by atoms with Gasteiger partial charge in [0.15, 0.2) is 0 Å². The summed E-state index contributed by atoms with van der Waals surface area (Å²) in [5, 5.41) is 1.81. The van der Waals surface area contributed by atoms with Crippen LogP contribution in [-0.2, 0) is 9.47 Å². The monoisotopic (exact) mass is 322 g/mol. The number of nitrogens with zero attached hydrogens (tertiary/aromatic N) is 2. The molecule has 0 spiro atoms. The average molecular weight is 322 g/mol. The van der Waals surface area contributed by atoms with Gasteiger partial charge in [-0.05, 0) is 19.3 Å². The highest BCUT2D eigenvalue weighted by molar-refractivity contribution is 7.07. The summed E-state index contributed by atoms with van der Waals surface area (Å²) in [5.74, 6) is 0.0216. The SMILES string of the molecule is C=CCOC[C@@]12CCCO[C@@H]1CCN(C(=O)c1cscn1)C2. The van der Waals surface area contributed by atoms with Crippen LogP contribution >= 0.6 is 11.3 Å². The Labute approximate surface area is 134 Å². The van der Waals surface area contributed by atoms with E-state index >= 15 is 0 Å². The summed E-state index contributed by atoms with van der Waals surface area (Å²) in [6.45, 7) is 7.07. The summed E-state index contributed by atoms with van der Waals surface area (Å²) in [6, 6.07) is 0. The highest BCUT2D eigenvalue weighted by Crippen LogP contribution is 2.40. The van der Waals surface area contributed by atoms with E-state index in [1.165, 1.54) is 11.3 Å². The summed E-state index contributed by atoms with van der Waals surface area (Å²) in [6.07, 6.45) is 4.87. The average Bonchev–Trinajstić information content (AvgIpc) is 3.08. The van der Waals surface area contributed by atoms with Crippen LogP contribution < -0.4 is 0 Å². The number of hydrogen-bond donors (Lipinski definition) is 0. The standard InChI is InChI=1S/C16H22N2O3S/c1-2-7-20-11-16-5-3-8-21-14(16)4-6-18(10-16)15(19)13-9-22-12-17-13/h2,9,12,14H,1,3-8,10-11H2/t14-,16+/m1/s1. The molecule has 2 saturated heterocycles. The van der Waals surface area contributed by atoms with E-state index in [4.69, 9.17) is 9.47 Å². The second kappa shape index (κ2) is 6.89. The summed E-state index contributed by atoms with van der Waals surface area (Å²) in [4.78, 5) is 18.6. The maximum atomic E-state index is 12.6. The van der Waals surface area contributed by atoms with Crippen LogP contribution in [0.5, 0.6) is 0 Å². The molecule has 0 N–H and O–H groups in total. The third-order valence-electron chi connectivity index (χ3n) is 4.55. The first kappa shape index (κ1) is 15.6. The fourth-order valence-corrected chi connectivity index (χ4v) is 4.03. The molecule has 2 atom stereocenters. The van der Waals surface area contributed by atoms with Crippen molar-refractivity contribution in [3.63, 3.8) is 0 Å². The molecule has 0 saturated carbocycles. The van der Waals surface area contributed by atoms with E-state index < -0.39 is 0 Å². The number of aromatic nitrogens is 1. The topological polar surface area (TPSA) is 51.7 Å². The minimum Gasteiger partial charge on any atom is -0.377 e. The maximum absolute atomic E-state index is 12.6. The lowest BCUT2D eigenvalue weighted by molar-refractivity contribution is -0.144. The second-order valence-corrected chi connectivity index (χ2v) is 6.74. The molecule has 120 valence electrons. The lowest BCUT2D eigenvalue weighted by Gasteiger charge is -2.50. The van der Waals surface area contributed by atoms with Gasteiger partial charge in [-0.3, -0.25) is 4.79 Å². The molecular formula is C16H22N2O3S. The van der Waals surface area contributed by atoms with Crippen molar-refractivity contribution < 1.29 is 14.3 Å². The molecule has 1 aromatic heterocycles. The molecule has 0 aliphatic carbocycles. The number of amides is 1. The number of piperidine rings is 1. The van der Waals surface area contributed by atoms with Crippen LogP contribution in [0, 0.1) is 5.41 Å². The minimum atomic E-state index is -0.0921.